The molecule has 1 aromatic heterocycles. The highest BCUT2D eigenvalue weighted by Crippen LogP contribution is 2.21. The normalized spacial score (nSPS) is 11.9. The fraction of sp³-hybridized carbons (Fsp3) is 0.571. The van der Waals surface area contributed by atoms with Crippen molar-refractivity contribution in [3.8, 4) is 0 Å². The number of carbonyl (C=O) groups excluding carboxylic acids is 1. The summed E-state index contributed by atoms with van der Waals surface area (Å²) >= 11 is 4.97. The number of rotatable bonds is 9. The Morgan fingerprint density at radius 3 is 2.67 bits per heavy atom. The van der Waals surface area contributed by atoms with E-state index in [9.17, 15) is 9.59 Å². The first kappa shape index (κ1) is 18.0. The van der Waals surface area contributed by atoms with Crippen molar-refractivity contribution in [3.63, 3.8) is 0 Å². The Morgan fingerprint density at radius 2 is 2.10 bits per heavy atom. The van der Waals surface area contributed by atoms with Gasteiger partial charge in [0.25, 0.3) is 0 Å². The minimum atomic E-state index is -0.763. The second-order valence-corrected chi connectivity index (χ2v) is 7.36. The average molecular weight is 377 g/mol. The van der Waals surface area contributed by atoms with Gasteiger partial charge in [0.15, 0.2) is 0 Å². The van der Waals surface area contributed by atoms with Crippen LogP contribution in [0.3, 0.4) is 0 Å². The van der Waals surface area contributed by atoms with Gasteiger partial charge in [0.05, 0.1) is 10.3 Å². The van der Waals surface area contributed by atoms with Crippen molar-refractivity contribution in [2.75, 3.05) is 6.54 Å². The maximum atomic E-state index is 11.6. The molecule has 1 aromatic rings. The minimum absolute atomic E-state index is 0.187. The lowest BCUT2D eigenvalue weighted by molar-refractivity contribution is -0.137. The van der Waals surface area contributed by atoms with Gasteiger partial charge in [0, 0.05) is 17.8 Å². The van der Waals surface area contributed by atoms with Crippen molar-refractivity contribution < 1.29 is 14.7 Å². The molecular weight excluding hydrogens is 356 g/mol. The number of hydrogen-bond donors (Lipinski definition) is 3. The monoisotopic (exact) mass is 376 g/mol. The van der Waals surface area contributed by atoms with Crippen LogP contribution >= 0.6 is 27.3 Å². The Kier molecular flexibility index (Phi) is 8.37. The molecule has 1 unspecified atom stereocenters. The first-order chi connectivity index (χ1) is 10.0. The van der Waals surface area contributed by atoms with Gasteiger partial charge in [-0.25, -0.2) is 4.79 Å². The van der Waals surface area contributed by atoms with Crippen LogP contribution in [0.1, 0.15) is 37.5 Å². The molecule has 0 fully saturated rings. The topological polar surface area (TPSA) is 78.4 Å². The number of carboxylic acids is 1. The maximum Gasteiger partial charge on any atom is 0.315 e. The van der Waals surface area contributed by atoms with Gasteiger partial charge in [-0.3, -0.25) is 4.79 Å². The summed E-state index contributed by atoms with van der Waals surface area (Å²) in [6.45, 7) is 3.12. The number of halogens is 1. The van der Waals surface area contributed by atoms with E-state index >= 15 is 0 Å². The highest BCUT2D eigenvalue weighted by atomic mass is 79.9. The van der Waals surface area contributed by atoms with Crippen LogP contribution in [0.4, 0.5) is 4.79 Å². The second-order valence-electron chi connectivity index (χ2n) is 4.81. The fourth-order valence-electron chi connectivity index (χ4n) is 1.95. The van der Waals surface area contributed by atoms with E-state index < -0.39 is 5.97 Å². The molecule has 0 aliphatic heterocycles. The van der Waals surface area contributed by atoms with Crippen LogP contribution in [-0.2, 0) is 11.3 Å². The summed E-state index contributed by atoms with van der Waals surface area (Å²) < 4.78 is 1.05. The predicted octanol–water partition coefficient (Wildman–Crippen LogP) is 3.59. The van der Waals surface area contributed by atoms with Gasteiger partial charge in [0.2, 0.25) is 0 Å². The van der Waals surface area contributed by atoms with Gasteiger partial charge in [-0.2, -0.15) is 0 Å². The van der Waals surface area contributed by atoms with E-state index in [0.717, 1.165) is 21.5 Å². The lowest BCUT2D eigenvalue weighted by Crippen LogP contribution is -2.36. The summed E-state index contributed by atoms with van der Waals surface area (Å²) in [6.07, 6.45) is 2.60. The minimum Gasteiger partial charge on any atom is -0.481 e. The molecule has 1 heterocycles. The maximum absolute atomic E-state index is 11.6. The summed E-state index contributed by atoms with van der Waals surface area (Å²) in [6, 6.07) is 3.73. The average Bonchev–Trinajstić information content (AvgIpc) is 2.86. The molecule has 21 heavy (non-hydrogen) atoms. The smallest absolute Gasteiger partial charge is 0.315 e. The highest BCUT2D eigenvalue weighted by molar-refractivity contribution is 9.11. The molecule has 1 rings (SSSR count). The van der Waals surface area contributed by atoms with Crippen molar-refractivity contribution >= 4 is 39.3 Å². The second kappa shape index (κ2) is 9.78. The van der Waals surface area contributed by atoms with E-state index in [2.05, 4.69) is 26.6 Å². The molecule has 3 N–H and O–H groups in total. The van der Waals surface area contributed by atoms with E-state index in [1.165, 1.54) is 0 Å². The zero-order valence-corrected chi connectivity index (χ0v) is 14.4. The zero-order valence-electron chi connectivity index (χ0n) is 12.0. The Hall–Kier alpha value is -1.08. The highest BCUT2D eigenvalue weighted by Gasteiger charge is 2.09. The third-order valence-electron chi connectivity index (χ3n) is 3.23. The third-order valence-corrected chi connectivity index (χ3v) is 4.86. The molecule has 0 spiro atoms. The molecule has 1 atom stereocenters. The van der Waals surface area contributed by atoms with Gasteiger partial charge in [0.1, 0.15) is 0 Å². The van der Waals surface area contributed by atoms with Crippen LogP contribution in [0.5, 0.6) is 0 Å². The number of carboxylic acid groups (broad SMARTS) is 1. The van der Waals surface area contributed by atoms with Gasteiger partial charge < -0.3 is 15.7 Å². The zero-order chi connectivity index (χ0) is 15.7. The Morgan fingerprint density at radius 1 is 1.33 bits per heavy atom. The van der Waals surface area contributed by atoms with E-state index in [0.29, 0.717) is 25.4 Å². The van der Waals surface area contributed by atoms with Crippen LogP contribution in [0.25, 0.3) is 0 Å². The van der Waals surface area contributed by atoms with Crippen molar-refractivity contribution in [3.05, 3.63) is 20.8 Å². The van der Waals surface area contributed by atoms with Crippen LogP contribution in [0.2, 0.25) is 0 Å². The number of amides is 2. The van der Waals surface area contributed by atoms with E-state index in [4.69, 9.17) is 5.11 Å². The van der Waals surface area contributed by atoms with E-state index in [1.54, 1.807) is 11.3 Å². The van der Waals surface area contributed by atoms with Crippen molar-refractivity contribution in [1.29, 1.82) is 0 Å². The van der Waals surface area contributed by atoms with Gasteiger partial charge in [-0.1, -0.05) is 13.3 Å². The van der Waals surface area contributed by atoms with E-state index in [-0.39, 0.29) is 12.5 Å². The van der Waals surface area contributed by atoms with Gasteiger partial charge >= 0.3 is 12.0 Å². The molecule has 0 bridgehead atoms. The number of thiophene rings is 1. The number of carbonyl (C=O) groups is 2. The summed E-state index contributed by atoms with van der Waals surface area (Å²) in [7, 11) is 0. The number of hydrogen-bond acceptors (Lipinski definition) is 3. The van der Waals surface area contributed by atoms with Crippen LogP contribution in [0, 0.1) is 5.92 Å². The third kappa shape index (κ3) is 8.06. The summed E-state index contributed by atoms with van der Waals surface area (Å²) in [5, 5.41) is 14.3. The first-order valence-electron chi connectivity index (χ1n) is 6.99. The molecule has 0 aromatic carbocycles. The quantitative estimate of drug-likeness (QED) is 0.615. The van der Waals surface area contributed by atoms with Crippen LogP contribution in [0.15, 0.2) is 15.9 Å². The Bertz CT molecular complexity index is 465. The molecule has 0 aliphatic carbocycles. The molecule has 0 saturated carbocycles. The summed E-state index contributed by atoms with van der Waals surface area (Å²) in [5.41, 5.74) is 0. The lowest BCUT2D eigenvalue weighted by atomic mass is 9.97. The van der Waals surface area contributed by atoms with E-state index in [1.807, 2.05) is 19.1 Å². The molecular formula is C14H21BrN2O3S. The Balaban J connectivity index is 2.15. The summed E-state index contributed by atoms with van der Waals surface area (Å²) in [4.78, 5) is 23.3. The van der Waals surface area contributed by atoms with Crippen molar-refractivity contribution in [1.82, 2.24) is 10.6 Å². The molecule has 0 aliphatic rings. The van der Waals surface area contributed by atoms with Crippen LogP contribution in [-0.4, -0.2) is 23.7 Å². The standard InChI is InChI=1S/C14H21BrN2O3S/c1-2-10(3-6-13(18)19)7-8-16-14(20)17-9-11-4-5-12(15)21-11/h4-5,10H,2-3,6-9H2,1H3,(H,18,19)(H2,16,17,20). The number of aliphatic carboxylic acids is 1. The molecule has 5 nitrogen and oxygen atoms in total. The lowest BCUT2D eigenvalue weighted by Gasteiger charge is -2.14. The molecule has 7 heteroatoms. The first-order valence-corrected chi connectivity index (χ1v) is 8.60. The van der Waals surface area contributed by atoms with Gasteiger partial charge in [-0.15, -0.1) is 11.3 Å². The van der Waals surface area contributed by atoms with Crippen molar-refractivity contribution in [2.24, 2.45) is 5.92 Å². The predicted molar refractivity (Wildman–Crippen MR) is 87.5 cm³/mol. The number of nitrogens with one attached hydrogen (secondary N) is 2. The molecule has 2 amide bonds. The Labute approximate surface area is 137 Å². The fourth-order valence-corrected chi connectivity index (χ4v) is 3.37. The summed E-state index contributed by atoms with van der Waals surface area (Å²) in [5.74, 6) is -0.420. The molecule has 118 valence electrons. The van der Waals surface area contributed by atoms with Crippen LogP contribution < -0.4 is 10.6 Å². The van der Waals surface area contributed by atoms with Gasteiger partial charge in [-0.05, 0) is 46.8 Å². The molecule has 0 saturated heterocycles. The largest absolute Gasteiger partial charge is 0.481 e. The number of urea groups is 1. The molecule has 0 radical (unpaired) electrons. The SMILES string of the molecule is CCC(CCNC(=O)NCc1ccc(Br)s1)CCC(=O)O. The van der Waals surface area contributed by atoms with Crippen molar-refractivity contribution in [2.45, 2.75) is 39.2 Å².